The second-order valence-electron chi connectivity index (χ2n) is 4.75. The lowest BCUT2D eigenvalue weighted by molar-refractivity contribution is 0.686. The van der Waals surface area contributed by atoms with Gasteiger partial charge in [0.1, 0.15) is 0 Å². The summed E-state index contributed by atoms with van der Waals surface area (Å²) in [6, 6.07) is 10.4. The number of aromatic nitrogens is 2. The van der Waals surface area contributed by atoms with Crippen LogP contribution in [0.15, 0.2) is 47.7 Å². The summed E-state index contributed by atoms with van der Waals surface area (Å²) >= 11 is 0. The first-order valence-electron chi connectivity index (χ1n) is 7.39. The number of benzene rings is 1. The van der Waals surface area contributed by atoms with Crippen LogP contribution in [-0.4, -0.2) is 28.8 Å². The molecule has 2 N–H and O–H groups in total. The van der Waals surface area contributed by atoms with Crippen LogP contribution in [-0.2, 0) is 13.1 Å². The standard InChI is InChI=1S/C16H23N5/c1-3-17-16(18-4-2)19-12-14-7-5-8-15(11-14)13-21-10-6-9-20-21/h5-11H,3-4,12-13H2,1-2H3,(H2,17,18,19). The number of rotatable bonds is 6. The molecule has 1 heterocycles. The highest BCUT2D eigenvalue weighted by atomic mass is 15.3. The van der Waals surface area contributed by atoms with Crippen molar-refractivity contribution in [2.45, 2.75) is 26.9 Å². The molecule has 21 heavy (non-hydrogen) atoms. The fourth-order valence-electron chi connectivity index (χ4n) is 2.09. The number of nitrogens with one attached hydrogen (secondary N) is 2. The third-order valence-electron chi connectivity index (χ3n) is 3.00. The molecule has 5 heteroatoms. The van der Waals surface area contributed by atoms with Crippen molar-refractivity contribution in [2.75, 3.05) is 13.1 Å². The monoisotopic (exact) mass is 285 g/mol. The number of nitrogens with zero attached hydrogens (tertiary/aromatic N) is 3. The molecule has 2 aromatic rings. The molecule has 0 saturated heterocycles. The minimum atomic E-state index is 0.669. The third-order valence-corrected chi connectivity index (χ3v) is 3.00. The average molecular weight is 285 g/mol. The molecule has 0 spiro atoms. The van der Waals surface area contributed by atoms with Gasteiger partial charge in [-0.05, 0) is 31.0 Å². The molecule has 112 valence electrons. The van der Waals surface area contributed by atoms with Crippen molar-refractivity contribution in [3.8, 4) is 0 Å². The topological polar surface area (TPSA) is 54.2 Å². The SMILES string of the molecule is CCNC(=NCc1cccc(Cn2cccn2)c1)NCC. The van der Waals surface area contributed by atoms with E-state index in [1.807, 2.05) is 16.9 Å². The van der Waals surface area contributed by atoms with Gasteiger partial charge in [0, 0.05) is 25.5 Å². The lowest BCUT2D eigenvalue weighted by Gasteiger charge is -2.09. The molecule has 0 aliphatic rings. The van der Waals surface area contributed by atoms with Crippen LogP contribution in [0.1, 0.15) is 25.0 Å². The lowest BCUT2D eigenvalue weighted by Crippen LogP contribution is -2.36. The normalized spacial score (nSPS) is 10.2. The molecule has 0 atom stereocenters. The van der Waals surface area contributed by atoms with Gasteiger partial charge < -0.3 is 10.6 Å². The number of hydrogen-bond donors (Lipinski definition) is 2. The number of aliphatic imine (C=N–C) groups is 1. The van der Waals surface area contributed by atoms with Crippen LogP contribution >= 0.6 is 0 Å². The van der Waals surface area contributed by atoms with Gasteiger partial charge in [0.25, 0.3) is 0 Å². The molecule has 1 aromatic heterocycles. The van der Waals surface area contributed by atoms with Crippen molar-refractivity contribution in [1.82, 2.24) is 20.4 Å². The minimum absolute atomic E-state index is 0.669. The highest BCUT2D eigenvalue weighted by Gasteiger charge is 1.99. The molecule has 1 aromatic carbocycles. The van der Waals surface area contributed by atoms with Gasteiger partial charge in [-0.2, -0.15) is 5.10 Å². The summed E-state index contributed by atoms with van der Waals surface area (Å²) in [5.74, 6) is 0.859. The van der Waals surface area contributed by atoms with E-state index in [9.17, 15) is 0 Å². The van der Waals surface area contributed by atoms with Gasteiger partial charge >= 0.3 is 0 Å². The summed E-state index contributed by atoms with van der Waals surface area (Å²) in [7, 11) is 0. The van der Waals surface area contributed by atoms with Crippen molar-refractivity contribution >= 4 is 5.96 Å². The first-order chi connectivity index (χ1) is 10.3. The molecular formula is C16H23N5. The van der Waals surface area contributed by atoms with Crippen LogP contribution in [0.5, 0.6) is 0 Å². The molecule has 2 rings (SSSR count). The molecule has 0 aliphatic heterocycles. The van der Waals surface area contributed by atoms with Gasteiger partial charge in [-0.3, -0.25) is 4.68 Å². The van der Waals surface area contributed by atoms with Crippen molar-refractivity contribution < 1.29 is 0 Å². The van der Waals surface area contributed by atoms with Crippen molar-refractivity contribution in [3.63, 3.8) is 0 Å². The van der Waals surface area contributed by atoms with E-state index in [4.69, 9.17) is 0 Å². The first kappa shape index (κ1) is 15.1. The van der Waals surface area contributed by atoms with Crippen LogP contribution in [0.25, 0.3) is 0 Å². The van der Waals surface area contributed by atoms with Gasteiger partial charge in [-0.1, -0.05) is 24.3 Å². The molecule has 0 unspecified atom stereocenters. The third kappa shape index (κ3) is 4.95. The van der Waals surface area contributed by atoms with E-state index in [0.29, 0.717) is 6.54 Å². The van der Waals surface area contributed by atoms with Crippen molar-refractivity contribution in [1.29, 1.82) is 0 Å². The fraction of sp³-hybridized carbons (Fsp3) is 0.375. The second-order valence-corrected chi connectivity index (χ2v) is 4.75. The molecule has 0 radical (unpaired) electrons. The molecule has 0 bridgehead atoms. The maximum atomic E-state index is 4.58. The van der Waals surface area contributed by atoms with Gasteiger partial charge in [-0.25, -0.2) is 4.99 Å². The van der Waals surface area contributed by atoms with E-state index in [-0.39, 0.29) is 0 Å². The molecule has 0 aliphatic carbocycles. The maximum absolute atomic E-state index is 4.58. The Bertz CT molecular complexity index is 552. The van der Waals surface area contributed by atoms with E-state index < -0.39 is 0 Å². The molecule has 0 saturated carbocycles. The van der Waals surface area contributed by atoms with E-state index in [2.05, 4.69) is 58.8 Å². The van der Waals surface area contributed by atoms with Crippen LogP contribution < -0.4 is 10.6 Å². The highest BCUT2D eigenvalue weighted by Crippen LogP contribution is 2.08. The Balaban J connectivity index is 2.01. The summed E-state index contributed by atoms with van der Waals surface area (Å²) in [6.45, 7) is 7.32. The summed E-state index contributed by atoms with van der Waals surface area (Å²) in [6.07, 6.45) is 3.77. The van der Waals surface area contributed by atoms with E-state index in [0.717, 1.165) is 25.6 Å². The Hall–Kier alpha value is -2.30. The van der Waals surface area contributed by atoms with E-state index in [1.165, 1.54) is 11.1 Å². The summed E-state index contributed by atoms with van der Waals surface area (Å²) in [5.41, 5.74) is 2.44. The van der Waals surface area contributed by atoms with Crippen molar-refractivity contribution in [3.05, 3.63) is 53.9 Å². The van der Waals surface area contributed by atoms with Crippen LogP contribution in [0.2, 0.25) is 0 Å². The van der Waals surface area contributed by atoms with Gasteiger partial charge in [-0.15, -0.1) is 0 Å². The number of guanidine groups is 1. The predicted octanol–water partition coefficient (Wildman–Crippen LogP) is 2.01. The second kappa shape index (κ2) is 8.09. The Morgan fingerprint density at radius 1 is 1.14 bits per heavy atom. The molecule has 0 fully saturated rings. The molecule has 5 nitrogen and oxygen atoms in total. The smallest absolute Gasteiger partial charge is 0.191 e. The minimum Gasteiger partial charge on any atom is -0.357 e. The van der Waals surface area contributed by atoms with Crippen molar-refractivity contribution in [2.24, 2.45) is 4.99 Å². The van der Waals surface area contributed by atoms with Crippen LogP contribution in [0.4, 0.5) is 0 Å². The van der Waals surface area contributed by atoms with E-state index in [1.54, 1.807) is 6.20 Å². The lowest BCUT2D eigenvalue weighted by atomic mass is 10.1. The molecular weight excluding hydrogens is 262 g/mol. The summed E-state index contributed by atoms with van der Waals surface area (Å²) in [5, 5.41) is 10.7. The Labute approximate surface area is 126 Å². The summed E-state index contributed by atoms with van der Waals surface area (Å²) in [4.78, 5) is 4.58. The predicted molar refractivity (Wildman–Crippen MR) is 86.3 cm³/mol. The highest BCUT2D eigenvalue weighted by molar-refractivity contribution is 5.79. The number of hydrogen-bond acceptors (Lipinski definition) is 2. The van der Waals surface area contributed by atoms with E-state index >= 15 is 0 Å². The van der Waals surface area contributed by atoms with Gasteiger partial charge in [0.2, 0.25) is 0 Å². The summed E-state index contributed by atoms with van der Waals surface area (Å²) < 4.78 is 1.92. The fourth-order valence-corrected chi connectivity index (χ4v) is 2.09. The zero-order valence-corrected chi connectivity index (χ0v) is 12.7. The zero-order chi connectivity index (χ0) is 14.9. The maximum Gasteiger partial charge on any atom is 0.191 e. The zero-order valence-electron chi connectivity index (χ0n) is 12.7. The largest absolute Gasteiger partial charge is 0.357 e. The van der Waals surface area contributed by atoms with Gasteiger partial charge in [0.05, 0.1) is 13.1 Å². The van der Waals surface area contributed by atoms with Crippen LogP contribution in [0, 0.1) is 0 Å². The average Bonchev–Trinajstić information content (AvgIpc) is 2.99. The first-order valence-corrected chi connectivity index (χ1v) is 7.39. The Morgan fingerprint density at radius 3 is 2.57 bits per heavy atom. The molecule has 0 amide bonds. The quantitative estimate of drug-likeness (QED) is 0.630. The van der Waals surface area contributed by atoms with Gasteiger partial charge in [0.15, 0.2) is 5.96 Å². The Morgan fingerprint density at radius 2 is 1.90 bits per heavy atom. The van der Waals surface area contributed by atoms with Crippen LogP contribution in [0.3, 0.4) is 0 Å². The Kier molecular flexibility index (Phi) is 5.82.